The third kappa shape index (κ3) is 4.06. The molecule has 1 amide bonds. The second kappa shape index (κ2) is 7.29. The maximum Gasteiger partial charge on any atom is 0.251 e. The Morgan fingerprint density at radius 2 is 2.11 bits per heavy atom. The summed E-state index contributed by atoms with van der Waals surface area (Å²) in [6.45, 7) is 5.15. The summed E-state index contributed by atoms with van der Waals surface area (Å²) in [5.74, 6) is 0.0330. The van der Waals surface area contributed by atoms with Gasteiger partial charge in [0.2, 0.25) is 0 Å². The molecule has 1 aliphatic rings. The van der Waals surface area contributed by atoms with Crippen LogP contribution in [0.5, 0.6) is 0 Å². The summed E-state index contributed by atoms with van der Waals surface area (Å²) in [4.78, 5) is 14.4. The average molecular weight is 260 g/mol. The maximum absolute atomic E-state index is 11.9. The molecule has 1 unspecified atom stereocenters. The second-order valence-corrected chi connectivity index (χ2v) is 5.22. The lowest BCUT2D eigenvalue weighted by molar-refractivity contribution is 0.0934. The molecule has 1 aromatic carbocycles. The summed E-state index contributed by atoms with van der Waals surface area (Å²) in [5.41, 5.74) is 0.744. The molecule has 0 bridgehead atoms. The Hall–Kier alpha value is -1.35. The minimum Gasteiger partial charge on any atom is -0.351 e. The molecule has 1 fully saturated rings. The van der Waals surface area contributed by atoms with Crippen LogP contribution in [0.25, 0.3) is 0 Å². The summed E-state index contributed by atoms with van der Waals surface area (Å²) in [5, 5.41) is 3.01. The summed E-state index contributed by atoms with van der Waals surface area (Å²) in [6, 6.07) is 10.1. The van der Waals surface area contributed by atoms with Crippen molar-refractivity contribution in [1.82, 2.24) is 10.2 Å². The summed E-state index contributed by atoms with van der Waals surface area (Å²) in [7, 11) is 0. The zero-order valence-corrected chi connectivity index (χ0v) is 11.8. The molecule has 0 aliphatic carbocycles. The normalized spacial score (nSPS) is 20.2. The van der Waals surface area contributed by atoms with Crippen LogP contribution in [-0.4, -0.2) is 36.5 Å². The van der Waals surface area contributed by atoms with Gasteiger partial charge in [0.1, 0.15) is 0 Å². The minimum absolute atomic E-state index is 0.0330. The van der Waals surface area contributed by atoms with Crippen molar-refractivity contribution in [2.24, 2.45) is 0 Å². The molecule has 1 saturated heterocycles. The Morgan fingerprint density at radius 1 is 1.32 bits per heavy atom. The van der Waals surface area contributed by atoms with Crippen molar-refractivity contribution >= 4 is 5.91 Å². The fourth-order valence-corrected chi connectivity index (χ4v) is 2.82. The summed E-state index contributed by atoms with van der Waals surface area (Å²) < 4.78 is 0. The van der Waals surface area contributed by atoms with Crippen LogP contribution in [-0.2, 0) is 0 Å². The number of rotatable bonds is 5. The number of piperidine rings is 1. The van der Waals surface area contributed by atoms with Crippen LogP contribution in [0.4, 0.5) is 0 Å². The van der Waals surface area contributed by atoms with E-state index in [1.54, 1.807) is 0 Å². The van der Waals surface area contributed by atoms with E-state index in [4.69, 9.17) is 0 Å². The van der Waals surface area contributed by atoms with E-state index in [0.717, 1.165) is 18.7 Å². The molecular formula is C16H24N2O. The smallest absolute Gasteiger partial charge is 0.251 e. The highest BCUT2D eigenvalue weighted by molar-refractivity contribution is 5.94. The summed E-state index contributed by atoms with van der Waals surface area (Å²) >= 11 is 0. The largest absolute Gasteiger partial charge is 0.351 e. The average Bonchev–Trinajstić information content (AvgIpc) is 2.48. The predicted molar refractivity (Wildman–Crippen MR) is 78.3 cm³/mol. The maximum atomic E-state index is 11.9. The highest BCUT2D eigenvalue weighted by Gasteiger charge is 2.20. The number of carbonyl (C=O) groups excluding carboxylic acids is 1. The van der Waals surface area contributed by atoms with Gasteiger partial charge >= 0.3 is 0 Å². The first-order chi connectivity index (χ1) is 9.31. The lowest BCUT2D eigenvalue weighted by atomic mass is 10.0. The molecule has 0 aromatic heterocycles. The van der Waals surface area contributed by atoms with Gasteiger partial charge in [-0.2, -0.15) is 0 Å². The molecule has 0 radical (unpaired) electrons. The molecule has 2 rings (SSSR count). The summed E-state index contributed by atoms with van der Waals surface area (Å²) in [6.07, 6.45) is 5.17. The highest BCUT2D eigenvalue weighted by atomic mass is 16.1. The third-order valence-corrected chi connectivity index (χ3v) is 3.94. The van der Waals surface area contributed by atoms with Crippen LogP contribution in [0, 0.1) is 0 Å². The van der Waals surface area contributed by atoms with Crippen molar-refractivity contribution < 1.29 is 4.79 Å². The molecule has 3 nitrogen and oxygen atoms in total. The molecule has 104 valence electrons. The van der Waals surface area contributed by atoms with Crippen molar-refractivity contribution in [3.8, 4) is 0 Å². The fourth-order valence-electron chi connectivity index (χ4n) is 2.82. The van der Waals surface area contributed by atoms with Crippen LogP contribution in [0.2, 0.25) is 0 Å². The van der Waals surface area contributed by atoms with Gasteiger partial charge in [-0.25, -0.2) is 0 Å². The Labute approximate surface area is 116 Å². The van der Waals surface area contributed by atoms with Crippen LogP contribution < -0.4 is 5.32 Å². The van der Waals surface area contributed by atoms with Gasteiger partial charge in [-0.1, -0.05) is 31.5 Å². The Morgan fingerprint density at radius 3 is 2.84 bits per heavy atom. The molecule has 1 N–H and O–H groups in total. The van der Waals surface area contributed by atoms with E-state index in [-0.39, 0.29) is 5.91 Å². The van der Waals surface area contributed by atoms with Crippen LogP contribution >= 0.6 is 0 Å². The highest BCUT2D eigenvalue weighted by Crippen LogP contribution is 2.18. The molecule has 19 heavy (non-hydrogen) atoms. The van der Waals surface area contributed by atoms with Crippen molar-refractivity contribution in [2.75, 3.05) is 19.6 Å². The number of benzene rings is 1. The molecule has 3 heteroatoms. The van der Waals surface area contributed by atoms with Gasteiger partial charge in [-0.05, 0) is 37.9 Å². The van der Waals surface area contributed by atoms with Gasteiger partial charge in [-0.3, -0.25) is 9.69 Å². The standard InChI is InChI=1S/C16H24N2O/c1-2-15-10-6-7-12-18(15)13-11-17-16(19)14-8-4-3-5-9-14/h3-5,8-9,15H,2,6-7,10-13H2,1H3,(H,17,19). The monoisotopic (exact) mass is 260 g/mol. The first kappa shape index (κ1) is 14.1. The van der Waals surface area contributed by atoms with Gasteiger partial charge in [0, 0.05) is 24.7 Å². The zero-order valence-electron chi connectivity index (χ0n) is 11.8. The Kier molecular flexibility index (Phi) is 5.40. The number of likely N-dealkylation sites (tertiary alicyclic amines) is 1. The SMILES string of the molecule is CCC1CCCCN1CCNC(=O)c1ccccc1. The number of hydrogen-bond donors (Lipinski definition) is 1. The van der Waals surface area contributed by atoms with Crippen molar-refractivity contribution in [3.63, 3.8) is 0 Å². The molecular weight excluding hydrogens is 236 g/mol. The zero-order chi connectivity index (χ0) is 13.5. The van der Waals surface area contributed by atoms with Crippen LogP contribution in [0.3, 0.4) is 0 Å². The molecule has 1 heterocycles. The van der Waals surface area contributed by atoms with Crippen LogP contribution in [0.1, 0.15) is 43.0 Å². The first-order valence-electron chi connectivity index (χ1n) is 7.38. The van der Waals surface area contributed by atoms with E-state index in [0.29, 0.717) is 6.04 Å². The van der Waals surface area contributed by atoms with Gasteiger partial charge < -0.3 is 5.32 Å². The van der Waals surface area contributed by atoms with Gasteiger partial charge in [-0.15, -0.1) is 0 Å². The topological polar surface area (TPSA) is 32.3 Å². The van der Waals surface area contributed by atoms with E-state index in [1.165, 1.54) is 32.2 Å². The van der Waals surface area contributed by atoms with Crippen molar-refractivity contribution in [2.45, 2.75) is 38.6 Å². The molecule has 0 spiro atoms. The van der Waals surface area contributed by atoms with Crippen molar-refractivity contribution in [3.05, 3.63) is 35.9 Å². The number of nitrogens with one attached hydrogen (secondary N) is 1. The predicted octanol–water partition coefficient (Wildman–Crippen LogP) is 2.68. The molecule has 0 saturated carbocycles. The molecule has 1 aliphatic heterocycles. The lowest BCUT2D eigenvalue weighted by Crippen LogP contribution is -2.43. The van der Waals surface area contributed by atoms with E-state index < -0.39 is 0 Å². The molecule has 1 aromatic rings. The number of nitrogens with zero attached hydrogens (tertiary/aromatic N) is 1. The molecule has 1 atom stereocenters. The van der Waals surface area contributed by atoms with Gasteiger partial charge in [0.25, 0.3) is 5.91 Å². The number of carbonyl (C=O) groups is 1. The van der Waals surface area contributed by atoms with Crippen LogP contribution in [0.15, 0.2) is 30.3 Å². The number of hydrogen-bond acceptors (Lipinski definition) is 2. The van der Waals surface area contributed by atoms with Crippen molar-refractivity contribution in [1.29, 1.82) is 0 Å². The van der Waals surface area contributed by atoms with Gasteiger partial charge in [0.15, 0.2) is 0 Å². The Balaban J connectivity index is 1.75. The van der Waals surface area contributed by atoms with E-state index >= 15 is 0 Å². The van der Waals surface area contributed by atoms with E-state index in [9.17, 15) is 4.79 Å². The van der Waals surface area contributed by atoms with E-state index in [1.807, 2.05) is 30.3 Å². The third-order valence-electron chi connectivity index (χ3n) is 3.94. The second-order valence-electron chi connectivity index (χ2n) is 5.22. The first-order valence-corrected chi connectivity index (χ1v) is 7.38. The lowest BCUT2D eigenvalue weighted by Gasteiger charge is -2.35. The number of amides is 1. The fraction of sp³-hybridized carbons (Fsp3) is 0.562. The quantitative estimate of drug-likeness (QED) is 0.883. The van der Waals surface area contributed by atoms with E-state index in [2.05, 4.69) is 17.1 Å². The van der Waals surface area contributed by atoms with Gasteiger partial charge in [0.05, 0.1) is 0 Å². The minimum atomic E-state index is 0.0330. The Bertz CT molecular complexity index is 391.